The topological polar surface area (TPSA) is 98.1 Å². The van der Waals surface area contributed by atoms with Crippen LogP contribution >= 0.6 is 0 Å². The molecule has 1 aliphatic carbocycles. The zero-order valence-electron chi connectivity index (χ0n) is 14.1. The van der Waals surface area contributed by atoms with Crippen LogP contribution in [0.25, 0.3) is 0 Å². The van der Waals surface area contributed by atoms with E-state index in [4.69, 9.17) is 11.5 Å². The summed E-state index contributed by atoms with van der Waals surface area (Å²) in [7, 11) is 0. The number of rotatable bonds is 5. The minimum atomic E-state index is -0.399. The average Bonchev–Trinajstić information content (AvgIpc) is 2.46. The van der Waals surface area contributed by atoms with Crippen molar-refractivity contribution in [2.24, 2.45) is 5.73 Å². The zero-order valence-corrected chi connectivity index (χ0v) is 14.1. The van der Waals surface area contributed by atoms with Crippen molar-refractivity contribution in [3.05, 3.63) is 41.6 Å². The van der Waals surface area contributed by atoms with Gasteiger partial charge < -0.3 is 16.4 Å². The molecule has 0 saturated heterocycles. The summed E-state index contributed by atoms with van der Waals surface area (Å²) < 4.78 is 0. The van der Waals surface area contributed by atoms with E-state index in [-0.39, 0.29) is 12.0 Å². The van der Waals surface area contributed by atoms with E-state index in [1.807, 2.05) is 18.2 Å². The van der Waals surface area contributed by atoms with Gasteiger partial charge in [-0.05, 0) is 62.4 Å². The minimum absolute atomic E-state index is 0.178. The summed E-state index contributed by atoms with van der Waals surface area (Å²) in [4.78, 5) is 22.1. The Morgan fingerprint density at radius 2 is 2.04 bits per heavy atom. The second-order valence-corrected chi connectivity index (χ2v) is 6.50. The van der Waals surface area contributed by atoms with E-state index in [1.54, 1.807) is 12.3 Å². The van der Waals surface area contributed by atoms with E-state index >= 15 is 0 Å². The maximum absolute atomic E-state index is 11.6. The van der Waals surface area contributed by atoms with Gasteiger partial charge in [0.25, 0.3) is 0 Å². The summed E-state index contributed by atoms with van der Waals surface area (Å²) in [6.45, 7) is 4.20. The van der Waals surface area contributed by atoms with Crippen molar-refractivity contribution in [2.45, 2.75) is 45.1 Å². The highest BCUT2D eigenvalue weighted by molar-refractivity contribution is 5.93. The lowest BCUT2D eigenvalue weighted by atomic mass is 9.78. The molecule has 1 aliphatic rings. The highest BCUT2D eigenvalue weighted by Gasteiger charge is 2.27. The van der Waals surface area contributed by atoms with Crippen LogP contribution in [0.15, 0.2) is 30.5 Å². The highest BCUT2D eigenvalue weighted by Crippen LogP contribution is 2.43. The number of hydrogen-bond donors (Lipinski definition) is 2. The fourth-order valence-corrected chi connectivity index (χ4v) is 3.14. The molecule has 1 saturated carbocycles. The number of carbonyl (C=O) groups is 1. The molecule has 0 atom stereocenters. The van der Waals surface area contributed by atoms with Crippen LogP contribution in [0.5, 0.6) is 0 Å². The summed E-state index contributed by atoms with van der Waals surface area (Å²) in [5, 5.41) is 0. The summed E-state index contributed by atoms with van der Waals surface area (Å²) in [5.74, 6) is 1.06. The van der Waals surface area contributed by atoms with Crippen LogP contribution in [0.2, 0.25) is 0 Å². The highest BCUT2D eigenvalue weighted by atomic mass is 16.1. The fourth-order valence-electron chi connectivity index (χ4n) is 3.14. The monoisotopic (exact) mass is 325 g/mol. The number of nitrogens with zero attached hydrogens (tertiary/aromatic N) is 3. The van der Waals surface area contributed by atoms with Crippen molar-refractivity contribution in [2.75, 3.05) is 10.6 Å². The zero-order chi connectivity index (χ0) is 17.3. The first-order valence-electron chi connectivity index (χ1n) is 8.29. The molecule has 126 valence electrons. The van der Waals surface area contributed by atoms with Gasteiger partial charge in [0.1, 0.15) is 5.82 Å². The predicted molar refractivity (Wildman–Crippen MR) is 95.3 cm³/mol. The number of nitrogens with two attached hydrogens (primary N) is 2. The number of benzene rings is 1. The van der Waals surface area contributed by atoms with Crippen LogP contribution in [0.4, 0.5) is 17.5 Å². The summed E-state index contributed by atoms with van der Waals surface area (Å²) in [6.07, 6.45) is 5.14. The third kappa shape index (κ3) is 3.04. The Morgan fingerprint density at radius 3 is 2.58 bits per heavy atom. The van der Waals surface area contributed by atoms with Gasteiger partial charge in [-0.2, -0.15) is 4.98 Å². The van der Waals surface area contributed by atoms with Gasteiger partial charge in [-0.1, -0.05) is 6.42 Å². The molecule has 4 N–H and O–H groups in total. The molecular formula is C18H23N5O. The van der Waals surface area contributed by atoms with Crippen LogP contribution in [0.3, 0.4) is 0 Å². The van der Waals surface area contributed by atoms with Gasteiger partial charge in [-0.15, -0.1) is 0 Å². The molecular weight excluding hydrogens is 302 g/mol. The Labute approximate surface area is 141 Å². The molecule has 1 aromatic heterocycles. The average molecular weight is 325 g/mol. The van der Waals surface area contributed by atoms with Crippen molar-refractivity contribution < 1.29 is 4.79 Å². The van der Waals surface area contributed by atoms with Crippen molar-refractivity contribution in [1.82, 2.24) is 9.97 Å². The first kappa shape index (κ1) is 16.2. The molecule has 1 heterocycles. The molecule has 0 radical (unpaired) electrons. The first-order valence-corrected chi connectivity index (χ1v) is 8.29. The number of primary amides is 1. The van der Waals surface area contributed by atoms with Crippen molar-refractivity contribution >= 4 is 23.4 Å². The normalized spacial score (nSPS) is 14.5. The number of aromatic nitrogens is 2. The smallest absolute Gasteiger partial charge is 0.248 e. The van der Waals surface area contributed by atoms with Gasteiger partial charge in [0.05, 0.1) is 0 Å². The van der Waals surface area contributed by atoms with E-state index in [2.05, 4.69) is 28.7 Å². The molecule has 24 heavy (non-hydrogen) atoms. The maximum Gasteiger partial charge on any atom is 0.248 e. The van der Waals surface area contributed by atoms with Crippen LogP contribution < -0.4 is 16.4 Å². The Kier molecular flexibility index (Phi) is 4.38. The van der Waals surface area contributed by atoms with Crippen LogP contribution in [0.1, 0.15) is 54.9 Å². The molecule has 2 aromatic rings. The first-order chi connectivity index (χ1) is 11.5. The maximum atomic E-state index is 11.6. The molecule has 0 aliphatic heterocycles. The fraction of sp³-hybridized carbons (Fsp3) is 0.389. The van der Waals surface area contributed by atoms with Crippen LogP contribution in [0, 0.1) is 0 Å². The molecule has 6 heteroatoms. The van der Waals surface area contributed by atoms with Gasteiger partial charge in [0, 0.05) is 23.5 Å². The summed E-state index contributed by atoms with van der Waals surface area (Å²) in [5.41, 5.74) is 14.0. The molecule has 3 rings (SSSR count). The van der Waals surface area contributed by atoms with E-state index in [0.29, 0.717) is 11.5 Å². The van der Waals surface area contributed by atoms with E-state index < -0.39 is 5.91 Å². The van der Waals surface area contributed by atoms with Gasteiger partial charge in [-0.25, -0.2) is 4.98 Å². The lowest BCUT2D eigenvalue weighted by molar-refractivity contribution is 0.1000. The van der Waals surface area contributed by atoms with Gasteiger partial charge in [0.2, 0.25) is 11.9 Å². The second kappa shape index (κ2) is 6.47. The largest absolute Gasteiger partial charge is 0.368 e. The number of nitrogen functional groups attached to an aromatic ring is 1. The van der Waals surface area contributed by atoms with Gasteiger partial charge >= 0.3 is 0 Å². The van der Waals surface area contributed by atoms with Crippen molar-refractivity contribution in [1.29, 1.82) is 0 Å². The molecule has 0 spiro atoms. The van der Waals surface area contributed by atoms with E-state index in [9.17, 15) is 4.79 Å². The minimum Gasteiger partial charge on any atom is -0.368 e. The van der Waals surface area contributed by atoms with Crippen LogP contribution in [-0.2, 0) is 0 Å². The molecule has 1 aromatic carbocycles. The molecule has 1 fully saturated rings. The number of carbonyl (C=O) groups excluding carboxylic acids is 1. The van der Waals surface area contributed by atoms with Crippen molar-refractivity contribution in [3.63, 3.8) is 0 Å². The van der Waals surface area contributed by atoms with E-state index in [1.165, 1.54) is 6.42 Å². The summed E-state index contributed by atoms with van der Waals surface area (Å²) in [6, 6.07) is 7.70. The lowest BCUT2D eigenvalue weighted by Crippen LogP contribution is -2.29. The third-order valence-electron chi connectivity index (χ3n) is 4.54. The molecule has 1 amide bonds. The molecule has 0 bridgehead atoms. The van der Waals surface area contributed by atoms with Gasteiger partial charge in [-0.3, -0.25) is 4.79 Å². The standard InChI is InChI=1S/C18H23N5O/c1-11(2)23(16-8-9-21-18(20)22-16)15-7-6-13(17(19)24)10-14(15)12-4-3-5-12/h6-12H,3-5H2,1-2H3,(H2,19,24)(H2,20,21,22). The Morgan fingerprint density at radius 1 is 1.29 bits per heavy atom. The lowest BCUT2D eigenvalue weighted by Gasteiger charge is -2.35. The molecule has 0 unspecified atom stereocenters. The SMILES string of the molecule is CC(C)N(c1ccnc(N)n1)c1ccc(C(N)=O)cc1C1CCC1. The predicted octanol–water partition coefficient (Wildman–Crippen LogP) is 2.97. The Balaban J connectivity index is 2.11. The Bertz CT molecular complexity index is 755. The summed E-state index contributed by atoms with van der Waals surface area (Å²) >= 11 is 0. The van der Waals surface area contributed by atoms with Gasteiger partial charge in [0.15, 0.2) is 0 Å². The Hall–Kier alpha value is -2.63. The number of amides is 1. The van der Waals surface area contributed by atoms with Crippen LogP contribution in [-0.4, -0.2) is 21.9 Å². The van der Waals surface area contributed by atoms with E-state index in [0.717, 1.165) is 29.9 Å². The quantitative estimate of drug-likeness (QED) is 0.880. The number of anilines is 3. The van der Waals surface area contributed by atoms with Crippen molar-refractivity contribution in [3.8, 4) is 0 Å². The third-order valence-corrected chi connectivity index (χ3v) is 4.54. The molecule has 6 nitrogen and oxygen atoms in total. The number of hydrogen-bond acceptors (Lipinski definition) is 5. The second-order valence-electron chi connectivity index (χ2n) is 6.50.